The van der Waals surface area contributed by atoms with Gasteiger partial charge in [0.1, 0.15) is 11.5 Å². The molecular formula is C15H28O2. The van der Waals surface area contributed by atoms with E-state index < -0.39 is 0 Å². The number of phenolic OH excluding ortho intramolecular Hbond substituents is 1. The van der Waals surface area contributed by atoms with Crippen LogP contribution in [0.3, 0.4) is 0 Å². The van der Waals surface area contributed by atoms with Gasteiger partial charge < -0.3 is 9.84 Å². The van der Waals surface area contributed by atoms with E-state index in [-0.39, 0.29) is 5.75 Å². The van der Waals surface area contributed by atoms with Crippen molar-refractivity contribution in [1.29, 1.82) is 0 Å². The molecule has 0 radical (unpaired) electrons. The molecule has 0 saturated carbocycles. The van der Waals surface area contributed by atoms with Crippen LogP contribution in [0, 0.1) is 0 Å². The van der Waals surface area contributed by atoms with E-state index in [1.807, 2.05) is 27.7 Å². The normalized spacial score (nSPS) is 8.29. The predicted octanol–water partition coefficient (Wildman–Crippen LogP) is 5.01. The van der Waals surface area contributed by atoms with Gasteiger partial charge in [0.25, 0.3) is 0 Å². The summed E-state index contributed by atoms with van der Waals surface area (Å²) in [6.07, 6.45) is 3.51. The summed E-state index contributed by atoms with van der Waals surface area (Å²) in [7, 11) is 0. The van der Waals surface area contributed by atoms with Crippen molar-refractivity contribution in [2.24, 2.45) is 0 Å². The summed E-state index contributed by atoms with van der Waals surface area (Å²) < 4.78 is 5.45. The zero-order valence-electron chi connectivity index (χ0n) is 12.0. The first-order valence-electron chi connectivity index (χ1n) is 6.74. The van der Waals surface area contributed by atoms with E-state index in [1.165, 1.54) is 12.8 Å². The van der Waals surface area contributed by atoms with Gasteiger partial charge in [-0.3, -0.25) is 0 Å². The van der Waals surface area contributed by atoms with E-state index in [1.54, 1.807) is 24.3 Å². The van der Waals surface area contributed by atoms with Crippen LogP contribution in [0.2, 0.25) is 0 Å². The van der Waals surface area contributed by atoms with Crippen molar-refractivity contribution < 1.29 is 9.84 Å². The van der Waals surface area contributed by atoms with Crippen molar-refractivity contribution in [3.63, 3.8) is 0 Å². The summed E-state index contributed by atoms with van der Waals surface area (Å²) in [6.45, 7) is 10.9. The van der Waals surface area contributed by atoms with Crippen LogP contribution < -0.4 is 4.74 Å². The standard InChI is InChI=1S/C11H16O2.2C2H6/c1-2-3-4-9-13-11-7-5-10(12)6-8-11;2*1-2/h5-8,12H,2-4,9H2,1H3;2*1-2H3. The molecule has 0 aliphatic rings. The molecule has 1 aromatic rings. The minimum absolute atomic E-state index is 0.279. The molecule has 0 bridgehead atoms. The van der Waals surface area contributed by atoms with Crippen LogP contribution in [-0.4, -0.2) is 11.7 Å². The molecule has 0 aliphatic heterocycles. The summed E-state index contributed by atoms with van der Waals surface area (Å²) in [6, 6.07) is 6.83. The molecule has 0 atom stereocenters. The highest BCUT2D eigenvalue weighted by Crippen LogP contribution is 2.16. The van der Waals surface area contributed by atoms with Crippen LogP contribution in [-0.2, 0) is 0 Å². The van der Waals surface area contributed by atoms with Gasteiger partial charge in [-0.25, -0.2) is 0 Å². The Labute approximate surface area is 107 Å². The Morgan fingerprint density at radius 2 is 1.47 bits per heavy atom. The molecule has 0 fully saturated rings. The Morgan fingerprint density at radius 3 is 1.94 bits per heavy atom. The number of rotatable bonds is 5. The average molecular weight is 240 g/mol. The number of benzene rings is 1. The van der Waals surface area contributed by atoms with E-state index in [0.29, 0.717) is 0 Å². The molecule has 0 amide bonds. The maximum absolute atomic E-state index is 9.01. The molecule has 1 aromatic carbocycles. The number of unbranched alkanes of at least 4 members (excludes halogenated alkanes) is 2. The molecule has 100 valence electrons. The summed E-state index contributed by atoms with van der Waals surface area (Å²) in [5.74, 6) is 1.11. The molecule has 0 aliphatic carbocycles. The Kier molecular flexibility index (Phi) is 15.9. The first-order valence-corrected chi connectivity index (χ1v) is 6.74. The van der Waals surface area contributed by atoms with Gasteiger partial charge in [0.2, 0.25) is 0 Å². The fourth-order valence-electron chi connectivity index (χ4n) is 1.08. The van der Waals surface area contributed by atoms with E-state index in [4.69, 9.17) is 9.84 Å². The lowest BCUT2D eigenvalue weighted by atomic mass is 10.3. The molecule has 2 heteroatoms. The van der Waals surface area contributed by atoms with Crippen molar-refractivity contribution in [3.05, 3.63) is 24.3 Å². The maximum Gasteiger partial charge on any atom is 0.119 e. The number of phenols is 1. The van der Waals surface area contributed by atoms with Crippen LogP contribution in [0.15, 0.2) is 24.3 Å². The minimum Gasteiger partial charge on any atom is -0.508 e. The Morgan fingerprint density at radius 1 is 0.941 bits per heavy atom. The highest BCUT2D eigenvalue weighted by molar-refractivity contribution is 5.29. The summed E-state index contributed by atoms with van der Waals surface area (Å²) >= 11 is 0. The van der Waals surface area contributed by atoms with Crippen molar-refractivity contribution in [3.8, 4) is 11.5 Å². The van der Waals surface area contributed by atoms with Gasteiger partial charge in [0.15, 0.2) is 0 Å². The average Bonchev–Trinajstić information content (AvgIpc) is 2.41. The van der Waals surface area contributed by atoms with Crippen molar-refractivity contribution in [2.75, 3.05) is 6.61 Å². The van der Waals surface area contributed by atoms with Crippen molar-refractivity contribution in [2.45, 2.75) is 53.9 Å². The topological polar surface area (TPSA) is 29.5 Å². The molecule has 0 unspecified atom stereocenters. The first-order chi connectivity index (χ1) is 8.33. The van der Waals surface area contributed by atoms with E-state index in [0.717, 1.165) is 18.8 Å². The smallest absolute Gasteiger partial charge is 0.119 e. The quantitative estimate of drug-likeness (QED) is 0.733. The molecule has 0 aromatic heterocycles. The second-order valence-electron chi connectivity index (χ2n) is 3.05. The lowest BCUT2D eigenvalue weighted by Crippen LogP contribution is -1.96. The fourth-order valence-corrected chi connectivity index (χ4v) is 1.08. The van der Waals surface area contributed by atoms with Gasteiger partial charge in [-0.05, 0) is 30.7 Å². The summed E-state index contributed by atoms with van der Waals surface area (Å²) in [5, 5.41) is 9.01. The number of aromatic hydroxyl groups is 1. The van der Waals surface area contributed by atoms with Crippen LogP contribution in [0.4, 0.5) is 0 Å². The van der Waals surface area contributed by atoms with E-state index in [2.05, 4.69) is 6.92 Å². The highest BCUT2D eigenvalue weighted by atomic mass is 16.5. The summed E-state index contributed by atoms with van der Waals surface area (Å²) in [5.41, 5.74) is 0. The molecule has 1 N–H and O–H groups in total. The SMILES string of the molecule is CC.CC.CCCCCOc1ccc(O)cc1. The molecule has 0 spiro atoms. The maximum atomic E-state index is 9.01. The Hall–Kier alpha value is -1.18. The number of ether oxygens (including phenoxy) is 1. The monoisotopic (exact) mass is 240 g/mol. The van der Waals surface area contributed by atoms with E-state index >= 15 is 0 Å². The second kappa shape index (κ2) is 14.8. The highest BCUT2D eigenvalue weighted by Gasteiger charge is 1.92. The predicted molar refractivity (Wildman–Crippen MR) is 75.8 cm³/mol. The molecule has 2 nitrogen and oxygen atoms in total. The lowest BCUT2D eigenvalue weighted by Gasteiger charge is -2.04. The van der Waals surface area contributed by atoms with Crippen molar-refractivity contribution in [1.82, 2.24) is 0 Å². The van der Waals surface area contributed by atoms with Gasteiger partial charge in [-0.2, -0.15) is 0 Å². The second-order valence-corrected chi connectivity index (χ2v) is 3.05. The third kappa shape index (κ3) is 11.1. The molecule has 0 saturated heterocycles. The zero-order chi connectivity index (χ0) is 13.5. The third-order valence-electron chi connectivity index (χ3n) is 1.85. The first kappa shape index (κ1) is 18.2. The van der Waals surface area contributed by atoms with Crippen LogP contribution in [0.25, 0.3) is 0 Å². The van der Waals surface area contributed by atoms with Crippen LogP contribution >= 0.6 is 0 Å². The number of hydrogen-bond donors (Lipinski definition) is 1. The molecule has 0 heterocycles. The summed E-state index contributed by atoms with van der Waals surface area (Å²) in [4.78, 5) is 0. The molecule has 1 rings (SSSR count). The minimum atomic E-state index is 0.279. The van der Waals surface area contributed by atoms with Gasteiger partial charge in [0, 0.05) is 0 Å². The Balaban J connectivity index is 0. The van der Waals surface area contributed by atoms with Crippen LogP contribution in [0.5, 0.6) is 11.5 Å². The Bertz CT molecular complexity index is 229. The molecule has 17 heavy (non-hydrogen) atoms. The van der Waals surface area contributed by atoms with Gasteiger partial charge in [-0.15, -0.1) is 0 Å². The number of hydrogen-bond acceptors (Lipinski definition) is 2. The van der Waals surface area contributed by atoms with Crippen molar-refractivity contribution >= 4 is 0 Å². The zero-order valence-corrected chi connectivity index (χ0v) is 12.0. The van der Waals surface area contributed by atoms with E-state index in [9.17, 15) is 0 Å². The van der Waals surface area contributed by atoms with Crippen LogP contribution in [0.1, 0.15) is 53.9 Å². The van der Waals surface area contributed by atoms with Gasteiger partial charge in [-0.1, -0.05) is 47.5 Å². The van der Waals surface area contributed by atoms with Gasteiger partial charge in [0.05, 0.1) is 6.61 Å². The third-order valence-corrected chi connectivity index (χ3v) is 1.85. The lowest BCUT2D eigenvalue weighted by molar-refractivity contribution is 0.306. The molecular weight excluding hydrogens is 212 g/mol. The van der Waals surface area contributed by atoms with Gasteiger partial charge >= 0.3 is 0 Å². The largest absolute Gasteiger partial charge is 0.508 e. The fraction of sp³-hybridized carbons (Fsp3) is 0.600.